The lowest BCUT2D eigenvalue weighted by molar-refractivity contribution is 0.236. The van der Waals surface area contributed by atoms with E-state index < -0.39 is 10.0 Å². The van der Waals surface area contributed by atoms with Gasteiger partial charge in [-0.2, -0.15) is 0 Å². The first-order valence-corrected chi connectivity index (χ1v) is 7.78. The van der Waals surface area contributed by atoms with Crippen LogP contribution < -0.4 is 4.72 Å². The Hall–Kier alpha value is -0.890. The van der Waals surface area contributed by atoms with Crippen molar-refractivity contribution in [2.45, 2.75) is 38.0 Å². The quantitative estimate of drug-likeness (QED) is 0.739. The van der Waals surface area contributed by atoms with E-state index in [1.165, 1.54) is 12.1 Å². The van der Waals surface area contributed by atoms with E-state index in [0.29, 0.717) is 19.1 Å². The molecule has 0 saturated heterocycles. The molecule has 1 aromatic rings. The number of hydrogen-bond donors (Lipinski definition) is 2. The van der Waals surface area contributed by atoms with Crippen molar-refractivity contribution in [3.05, 3.63) is 17.9 Å². The maximum absolute atomic E-state index is 11.9. The van der Waals surface area contributed by atoms with Gasteiger partial charge in [0.1, 0.15) is 12.4 Å². The average Bonchev–Trinajstić information content (AvgIpc) is 2.86. The van der Waals surface area contributed by atoms with Crippen molar-refractivity contribution >= 4 is 10.0 Å². The van der Waals surface area contributed by atoms with Crippen LogP contribution in [0.3, 0.4) is 0 Å². The van der Waals surface area contributed by atoms with Crippen molar-refractivity contribution in [3.8, 4) is 0 Å². The normalized spacial score (nSPS) is 13.9. The SMILES string of the molecule is CCC(C)N(C)CCNS(=O)(=O)c1ccc(CO)o1. The van der Waals surface area contributed by atoms with Gasteiger partial charge in [-0.15, -0.1) is 0 Å². The van der Waals surface area contributed by atoms with E-state index in [9.17, 15) is 8.42 Å². The van der Waals surface area contributed by atoms with Gasteiger partial charge in [-0.3, -0.25) is 0 Å². The van der Waals surface area contributed by atoms with Gasteiger partial charge in [0, 0.05) is 19.1 Å². The van der Waals surface area contributed by atoms with Crippen LogP contribution in [0.15, 0.2) is 21.6 Å². The molecule has 0 aliphatic carbocycles. The van der Waals surface area contributed by atoms with Gasteiger partial charge in [-0.1, -0.05) is 6.92 Å². The van der Waals surface area contributed by atoms with Crippen LogP contribution in [-0.2, 0) is 16.6 Å². The molecule has 6 nitrogen and oxygen atoms in total. The number of rotatable bonds is 8. The van der Waals surface area contributed by atoms with Crippen molar-refractivity contribution in [2.75, 3.05) is 20.1 Å². The zero-order chi connectivity index (χ0) is 14.5. The zero-order valence-electron chi connectivity index (χ0n) is 11.6. The highest BCUT2D eigenvalue weighted by molar-refractivity contribution is 7.89. The van der Waals surface area contributed by atoms with Crippen LogP contribution in [0.2, 0.25) is 0 Å². The fourth-order valence-corrected chi connectivity index (χ4v) is 2.51. The molecule has 0 amide bonds. The van der Waals surface area contributed by atoms with Gasteiger partial charge in [0.15, 0.2) is 0 Å². The minimum atomic E-state index is -3.63. The van der Waals surface area contributed by atoms with E-state index >= 15 is 0 Å². The predicted molar refractivity (Wildman–Crippen MR) is 72.2 cm³/mol. The summed E-state index contributed by atoms with van der Waals surface area (Å²) in [7, 11) is -1.67. The molecule has 0 aliphatic rings. The third-order valence-corrected chi connectivity index (χ3v) is 4.49. The Morgan fingerprint density at radius 2 is 2.16 bits per heavy atom. The second kappa shape index (κ2) is 7.04. The first-order chi connectivity index (χ1) is 8.90. The first-order valence-electron chi connectivity index (χ1n) is 6.30. The number of aliphatic hydroxyl groups excluding tert-OH is 1. The van der Waals surface area contributed by atoms with Crippen molar-refractivity contribution in [2.24, 2.45) is 0 Å². The molecule has 7 heteroatoms. The Morgan fingerprint density at radius 3 is 2.68 bits per heavy atom. The molecule has 0 bridgehead atoms. The van der Waals surface area contributed by atoms with E-state index in [2.05, 4.69) is 23.5 Å². The van der Waals surface area contributed by atoms with Gasteiger partial charge in [0.2, 0.25) is 5.09 Å². The van der Waals surface area contributed by atoms with Gasteiger partial charge in [-0.05, 0) is 32.5 Å². The molecule has 1 atom stereocenters. The number of aliphatic hydroxyl groups is 1. The molecular weight excluding hydrogens is 268 g/mol. The summed E-state index contributed by atoms with van der Waals surface area (Å²) in [6.45, 7) is 4.81. The molecule has 19 heavy (non-hydrogen) atoms. The van der Waals surface area contributed by atoms with Crippen molar-refractivity contribution in [1.82, 2.24) is 9.62 Å². The maximum atomic E-state index is 11.9. The summed E-state index contributed by atoms with van der Waals surface area (Å²) in [5.74, 6) is 0.233. The second-order valence-electron chi connectivity index (χ2n) is 4.51. The van der Waals surface area contributed by atoms with Crippen LogP contribution in [0, 0.1) is 0 Å². The lowest BCUT2D eigenvalue weighted by Crippen LogP contribution is -2.36. The first kappa shape index (κ1) is 16.2. The van der Waals surface area contributed by atoms with Gasteiger partial charge in [0.25, 0.3) is 10.0 Å². The van der Waals surface area contributed by atoms with Crippen LogP contribution in [0.25, 0.3) is 0 Å². The van der Waals surface area contributed by atoms with Gasteiger partial charge in [-0.25, -0.2) is 13.1 Å². The van der Waals surface area contributed by atoms with E-state index in [1.54, 1.807) is 0 Å². The number of likely N-dealkylation sites (N-methyl/N-ethyl adjacent to an activating group) is 1. The van der Waals surface area contributed by atoms with Gasteiger partial charge < -0.3 is 14.4 Å². The van der Waals surface area contributed by atoms with E-state index in [-0.39, 0.29) is 17.5 Å². The molecule has 0 saturated carbocycles. The van der Waals surface area contributed by atoms with Crippen LogP contribution in [-0.4, -0.2) is 44.6 Å². The summed E-state index contributed by atoms with van der Waals surface area (Å²) in [5.41, 5.74) is 0. The summed E-state index contributed by atoms with van der Waals surface area (Å²) in [5, 5.41) is 8.67. The average molecular weight is 290 g/mol. The minimum Gasteiger partial charge on any atom is -0.446 e. The summed E-state index contributed by atoms with van der Waals surface area (Å²) in [4.78, 5) is 2.09. The van der Waals surface area contributed by atoms with Gasteiger partial charge in [0.05, 0.1) is 0 Å². The zero-order valence-corrected chi connectivity index (χ0v) is 12.4. The third-order valence-electron chi connectivity index (χ3n) is 3.16. The van der Waals surface area contributed by atoms with Crippen LogP contribution in [0.4, 0.5) is 0 Å². The minimum absolute atomic E-state index is 0.164. The smallest absolute Gasteiger partial charge is 0.274 e. The highest BCUT2D eigenvalue weighted by Crippen LogP contribution is 2.13. The molecule has 110 valence electrons. The highest BCUT2D eigenvalue weighted by Gasteiger charge is 2.18. The molecule has 1 rings (SSSR count). The molecule has 1 aromatic heterocycles. The molecule has 1 unspecified atom stereocenters. The molecule has 0 aliphatic heterocycles. The maximum Gasteiger partial charge on any atom is 0.274 e. The highest BCUT2D eigenvalue weighted by atomic mass is 32.2. The lowest BCUT2D eigenvalue weighted by atomic mass is 10.2. The number of nitrogens with zero attached hydrogens (tertiary/aromatic N) is 1. The van der Waals surface area contributed by atoms with Crippen molar-refractivity contribution < 1.29 is 17.9 Å². The largest absolute Gasteiger partial charge is 0.446 e. The fourth-order valence-electron chi connectivity index (χ4n) is 1.55. The molecule has 1 heterocycles. The Bertz CT molecular complexity index is 484. The summed E-state index contributed by atoms with van der Waals surface area (Å²) < 4.78 is 31.2. The molecular formula is C12H22N2O4S. The van der Waals surface area contributed by atoms with E-state index in [0.717, 1.165) is 6.42 Å². The summed E-state index contributed by atoms with van der Waals surface area (Å²) in [6.07, 6.45) is 1.02. The van der Waals surface area contributed by atoms with Crippen LogP contribution in [0.5, 0.6) is 0 Å². The predicted octanol–water partition coefficient (Wildman–Crippen LogP) is 0.780. The second-order valence-corrected chi connectivity index (χ2v) is 6.21. The fraction of sp³-hybridized carbons (Fsp3) is 0.667. The topological polar surface area (TPSA) is 82.8 Å². The molecule has 0 radical (unpaired) electrons. The third kappa shape index (κ3) is 4.61. The van der Waals surface area contributed by atoms with Crippen LogP contribution in [0.1, 0.15) is 26.0 Å². The Labute approximate surface area is 114 Å². The monoisotopic (exact) mass is 290 g/mol. The molecule has 0 aromatic carbocycles. The Morgan fingerprint density at radius 1 is 1.47 bits per heavy atom. The Kier molecular flexibility index (Phi) is 5.99. The van der Waals surface area contributed by atoms with E-state index in [4.69, 9.17) is 9.52 Å². The Balaban J connectivity index is 2.52. The summed E-state index contributed by atoms with van der Waals surface area (Å²) in [6, 6.07) is 3.20. The number of nitrogens with one attached hydrogen (secondary N) is 1. The molecule has 0 fully saturated rings. The molecule has 0 spiro atoms. The number of sulfonamides is 1. The van der Waals surface area contributed by atoms with E-state index in [1.807, 2.05) is 7.05 Å². The number of hydrogen-bond acceptors (Lipinski definition) is 5. The number of furan rings is 1. The lowest BCUT2D eigenvalue weighted by Gasteiger charge is -2.23. The van der Waals surface area contributed by atoms with Crippen molar-refractivity contribution in [3.63, 3.8) is 0 Å². The van der Waals surface area contributed by atoms with Gasteiger partial charge >= 0.3 is 0 Å². The van der Waals surface area contributed by atoms with Crippen molar-refractivity contribution in [1.29, 1.82) is 0 Å². The standard InChI is InChI=1S/C12H22N2O4S/c1-4-10(2)14(3)8-7-13-19(16,17)12-6-5-11(9-15)18-12/h5-6,10,13,15H,4,7-9H2,1-3H3. The van der Waals surface area contributed by atoms with Crippen LogP contribution >= 0.6 is 0 Å². The summed E-state index contributed by atoms with van der Waals surface area (Å²) >= 11 is 0. The molecule has 2 N–H and O–H groups in total.